The van der Waals surface area contributed by atoms with E-state index >= 15 is 0 Å². The molecule has 122 valence electrons. The number of piperazine rings is 1. The first kappa shape index (κ1) is 16.9. The zero-order valence-corrected chi connectivity index (χ0v) is 13.7. The van der Waals surface area contributed by atoms with Crippen LogP contribution in [0.4, 0.5) is 0 Å². The molecule has 0 aromatic carbocycles. The average Bonchev–Trinajstić information content (AvgIpc) is 2.71. The van der Waals surface area contributed by atoms with Crippen molar-refractivity contribution in [2.24, 2.45) is 0 Å². The van der Waals surface area contributed by atoms with Crippen molar-refractivity contribution in [3.63, 3.8) is 0 Å². The van der Waals surface area contributed by atoms with Crippen LogP contribution in [0, 0.1) is 0 Å². The number of β-amino-alcohol motifs (C(OH)–C–C–N with tert-alkyl or cyclic N) is 1. The Kier molecular flexibility index (Phi) is 7.17. The minimum atomic E-state index is -0.200. The highest BCUT2D eigenvalue weighted by molar-refractivity contribution is 4.83. The Balaban J connectivity index is 1.81. The minimum absolute atomic E-state index is 0.200. The van der Waals surface area contributed by atoms with Gasteiger partial charge in [-0.3, -0.25) is 9.80 Å². The van der Waals surface area contributed by atoms with E-state index < -0.39 is 0 Å². The molecule has 2 atom stereocenters. The Hall–Kier alpha value is -0.420. The zero-order valence-electron chi connectivity index (χ0n) is 13.7. The average molecular weight is 295 g/mol. The monoisotopic (exact) mass is 295 g/mol. The van der Waals surface area contributed by atoms with Gasteiger partial charge in [0.2, 0.25) is 0 Å². The highest BCUT2D eigenvalue weighted by Gasteiger charge is 2.26. The van der Waals surface area contributed by atoms with Gasteiger partial charge in [0.1, 0.15) is 0 Å². The molecule has 4 nitrogen and oxygen atoms in total. The second-order valence-corrected chi connectivity index (χ2v) is 6.77. The molecule has 0 amide bonds. The van der Waals surface area contributed by atoms with E-state index in [0.717, 1.165) is 32.5 Å². The summed E-state index contributed by atoms with van der Waals surface area (Å²) in [5, 5.41) is 10.1. The Morgan fingerprint density at radius 3 is 2.67 bits per heavy atom. The molecule has 2 saturated heterocycles. The number of likely N-dealkylation sites (tertiary alicyclic amines) is 1. The van der Waals surface area contributed by atoms with Crippen LogP contribution in [0.15, 0.2) is 12.7 Å². The van der Waals surface area contributed by atoms with Crippen molar-refractivity contribution in [2.45, 2.75) is 44.2 Å². The summed E-state index contributed by atoms with van der Waals surface area (Å²) in [5.41, 5.74) is 0. The molecule has 2 aliphatic heterocycles. The number of rotatable bonds is 6. The van der Waals surface area contributed by atoms with Gasteiger partial charge in [-0.05, 0) is 39.3 Å². The summed E-state index contributed by atoms with van der Waals surface area (Å²) in [4.78, 5) is 7.59. The van der Waals surface area contributed by atoms with Crippen LogP contribution in [0.25, 0.3) is 0 Å². The Bertz CT molecular complexity index is 302. The normalized spacial score (nSPS) is 28.2. The summed E-state index contributed by atoms with van der Waals surface area (Å²) in [5.74, 6) is 0. The third kappa shape index (κ3) is 5.70. The number of allylic oxidation sites excluding steroid dienone is 1. The van der Waals surface area contributed by atoms with E-state index in [0.29, 0.717) is 6.04 Å². The Labute approximate surface area is 130 Å². The molecule has 4 heteroatoms. The van der Waals surface area contributed by atoms with E-state index in [2.05, 4.69) is 28.3 Å². The van der Waals surface area contributed by atoms with Crippen molar-refractivity contribution >= 4 is 0 Å². The maximum Gasteiger partial charge on any atom is 0.0670 e. The SMILES string of the molecule is C=CCC[C@H](O)CN1CCCC[C@H](N2CCN(C)CC2)C1. The van der Waals surface area contributed by atoms with Crippen molar-refractivity contribution in [3.05, 3.63) is 12.7 Å². The zero-order chi connectivity index (χ0) is 15.1. The molecule has 2 heterocycles. The molecular weight excluding hydrogens is 262 g/mol. The van der Waals surface area contributed by atoms with E-state index in [9.17, 15) is 5.11 Å². The van der Waals surface area contributed by atoms with Gasteiger partial charge in [0.05, 0.1) is 6.10 Å². The quantitative estimate of drug-likeness (QED) is 0.751. The fourth-order valence-electron chi connectivity index (χ4n) is 3.55. The molecular formula is C17H33N3O. The van der Waals surface area contributed by atoms with Crippen molar-refractivity contribution < 1.29 is 5.11 Å². The van der Waals surface area contributed by atoms with Crippen LogP contribution in [0.5, 0.6) is 0 Å². The van der Waals surface area contributed by atoms with Crippen LogP contribution in [0.1, 0.15) is 32.1 Å². The third-order valence-electron chi connectivity index (χ3n) is 4.96. The third-order valence-corrected chi connectivity index (χ3v) is 4.96. The first-order chi connectivity index (χ1) is 10.2. The largest absolute Gasteiger partial charge is 0.392 e. The summed E-state index contributed by atoms with van der Waals surface area (Å²) in [6.45, 7) is 11.6. The first-order valence-electron chi connectivity index (χ1n) is 8.63. The van der Waals surface area contributed by atoms with Crippen LogP contribution in [-0.4, -0.2) is 84.8 Å². The van der Waals surface area contributed by atoms with Gasteiger partial charge in [-0.1, -0.05) is 12.5 Å². The molecule has 0 radical (unpaired) electrons. The Morgan fingerprint density at radius 1 is 1.19 bits per heavy atom. The second kappa shape index (κ2) is 8.89. The maximum absolute atomic E-state index is 10.1. The van der Waals surface area contributed by atoms with Crippen molar-refractivity contribution in [3.8, 4) is 0 Å². The lowest BCUT2D eigenvalue weighted by Gasteiger charge is -2.39. The maximum atomic E-state index is 10.1. The van der Waals surface area contributed by atoms with E-state index in [4.69, 9.17) is 0 Å². The van der Waals surface area contributed by atoms with E-state index in [1.807, 2.05) is 6.08 Å². The van der Waals surface area contributed by atoms with Crippen LogP contribution in [0.3, 0.4) is 0 Å². The molecule has 0 bridgehead atoms. The molecule has 0 saturated carbocycles. The van der Waals surface area contributed by atoms with Gasteiger partial charge in [-0.25, -0.2) is 0 Å². The summed E-state index contributed by atoms with van der Waals surface area (Å²) in [6, 6.07) is 0.688. The van der Waals surface area contributed by atoms with Crippen LogP contribution < -0.4 is 0 Å². The Morgan fingerprint density at radius 2 is 1.95 bits per heavy atom. The lowest BCUT2D eigenvalue weighted by atomic mass is 10.1. The van der Waals surface area contributed by atoms with Gasteiger partial charge in [0.15, 0.2) is 0 Å². The number of hydrogen-bond donors (Lipinski definition) is 1. The molecule has 1 N–H and O–H groups in total. The molecule has 21 heavy (non-hydrogen) atoms. The van der Waals surface area contributed by atoms with Crippen molar-refractivity contribution in [2.75, 3.05) is 52.9 Å². The van der Waals surface area contributed by atoms with Gasteiger partial charge >= 0.3 is 0 Å². The first-order valence-corrected chi connectivity index (χ1v) is 8.63. The predicted molar refractivity (Wildman–Crippen MR) is 88.6 cm³/mol. The molecule has 0 aliphatic carbocycles. The summed E-state index contributed by atoms with van der Waals surface area (Å²) in [7, 11) is 2.21. The molecule has 2 rings (SSSR count). The fourth-order valence-corrected chi connectivity index (χ4v) is 3.55. The van der Waals surface area contributed by atoms with Crippen LogP contribution in [-0.2, 0) is 0 Å². The lowest BCUT2D eigenvalue weighted by Crippen LogP contribution is -2.52. The molecule has 0 unspecified atom stereocenters. The topological polar surface area (TPSA) is 30.0 Å². The molecule has 0 spiro atoms. The number of nitrogens with zero attached hydrogens (tertiary/aromatic N) is 3. The number of aliphatic hydroxyl groups is 1. The summed E-state index contributed by atoms with van der Waals surface area (Å²) in [6.07, 6.45) is 7.39. The van der Waals surface area contributed by atoms with E-state index in [-0.39, 0.29) is 6.10 Å². The molecule has 0 aromatic rings. The van der Waals surface area contributed by atoms with E-state index in [1.165, 1.54) is 45.4 Å². The highest BCUT2D eigenvalue weighted by Crippen LogP contribution is 2.18. The fraction of sp³-hybridized carbons (Fsp3) is 0.882. The van der Waals surface area contributed by atoms with Gasteiger partial charge in [0.25, 0.3) is 0 Å². The standard InChI is InChI=1S/C17H33N3O/c1-3-4-8-17(21)15-19-9-6-5-7-16(14-19)20-12-10-18(2)11-13-20/h3,16-17,21H,1,4-15H2,2H3/t16-,17-/m0/s1. The minimum Gasteiger partial charge on any atom is -0.392 e. The lowest BCUT2D eigenvalue weighted by molar-refractivity contribution is 0.0663. The second-order valence-electron chi connectivity index (χ2n) is 6.77. The van der Waals surface area contributed by atoms with Crippen LogP contribution in [0.2, 0.25) is 0 Å². The van der Waals surface area contributed by atoms with Gasteiger partial charge in [-0.2, -0.15) is 0 Å². The summed E-state index contributed by atoms with van der Waals surface area (Å²) >= 11 is 0. The van der Waals surface area contributed by atoms with Gasteiger partial charge in [-0.15, -0.1) is 6.58 Å². The predicted octanol–water partition coefficient (Wildman–Crippen LogP) is 1.42. The highest BCUT2D eigenvalue weighted by atomic mass is 16.3. The molecule has 2 aliphatic rings. The van der Waals surface area contributed by atoms with Crippen molar-refractivity contribution in [1.82, 2.24) is 14.7 Å². The van der Waals surface area contributed by atoms with Gasteiger partial charge < -0.3 is 10.0 Å². The smallest absolute Gasteiger partial charge is 0.0670 e. The van der Waals surface area contributed by atoms with E-state index in [1.54, 1.807) is 0 Å². The number of likely N-dealkylation sites (N-methyl/N-ethyl adjacent to an activating group) is 1. The molecule has 2 fully saturated rings. The number of aliphatic hydroxyl groups excluding tert-OH is 1. The van der Waals surface area contributed by atoms with Crippen LogP contribution >= 0.6 is 0 Å². The number of hydrogen-bond acceptors (Lipinski definition) is 4. The van der Waals surface area contributed by atoms with Crippen molar-refractivity contribution in [1.29, 1.82) is 0 Å². The summed E-state index contributed by atoms with van der Waals surface area (Å²) < 4.78 is 0. The molecule has 0 aromatic heterocycles. The van der Waals surface area contributed by atoms with Gasteiger partial charge in [0, 0.05) is 45.3 Å².